The van der Waals surface area contributed by atoms with Gasteiger partial charge in [-0.15, -0.1) is 11.8 Å². The molecule has 0 amide bonds. The van der Waals surface area contributed by atoms with Crippen molar-refractivity contribution in [2.45, 2.75) is 26.3 Å². The Morgan fingerprint density at radius 3 is 3.00 bits per heavy atom. The first-order chi connectivity index (χ1) is 6.16. The zero-order valence-electron chi connectivity index (χ0n) is 8.04. The minimum absolute atomic E-state index is 0.0411. The summed E-state index contributed by atoms with van der Waals surface area (Å²) in [6.45, 7) is 4.05. The maximum Gasteiger partial charge on any atom is 0.196 e. The fraction of sp³-hybridized carbons (Fsp3) is 0.667. The highest BCUT2D eigenvalue weighted by Crippen LogP contribution is 2.16. The van der Waals surface area contributed by atoms with Crippen molar-refractivity contribution >= 4 is 17.5 Å². The molecule has 0 unspecified atom stereocenters. The molecule has 0 bridgehead atoms. The molecule has 0 radical (unpaired) electrons. The third kappa shape index (κ3) is 2.48. The average molecular weight is 200 g/mol. The highest BCUT2D eigenvalue weighted by molar-refractivity contribution is 8.02. The third-order valence-electron chi connectivity index (χ3n) is 2.37. The molecule has 1 aliphatic heterocycles. The van der Waals surface area contributed by atoms with Crippen molar-refractivity contribution in [3.8, 4) is 0 Å². The molecule has 0 fully saturated rings. The molecule has 13 heavy (non-hydrogen) atoms. The van der Waals surface area contributed by atoms with Gasteiger partial charge < -0.3 is 11.1 Å². The Balaban J connectivity index is 2.56. The summed E-state index contributed by atoms with van der Waals surface area (Å²) in [6.07, 6.45) is 0.938. The number of ketones is 1. The van der Waals surface area contributed by atoms with Crippen LogP contribution in [0.25, 0.3) is 0 Å². The second-order valence-electron chi connectivity index (χ2n) is 3.29. The fourth-order valence-corrected chi connectivity index (χ4v) is 1.81. The molecule has 1 rings (SSSR count). The quantitative estimate of drug-likeness (QED) is 0.712. The lowest BCUT2D eigenvalue weighted by Gasteiger charge is -2.17. The largest absolute Gasteiger partial charge is 0.372 e. The third-order valence-corrected chi connectivity index (χ3v) is 3.09. The lowest BCUT2D eigenvalue weighted by molar-refractivity contribution is -0.118. The SMILES string of the molecule is CC[C@H](C)[C@H](N)C(=O)C1=CSCN1. The normalized spacial score (nSPS) is 20.4. The Morgan fingerprint density at radius 1 is 1.85 bits per heavy atom. The molecular weight excluding hydrogens is 184 g/mol. The van der Waals surface area contributed by atoms with Crippen LogP contribution >= 0.6 is 11.8 Å². The fourth-order valence-electron chi connectivity index (χ4n) is 1.12. The van der Waals surface area contributed by atoms with Crippen LogP contribution in [0.4, 0.5) is 0 Å². The zero-order valence-corrected chi connectivity index (χ0v) is 8.86. The number of nitrogens with two attached hydrogens (primary N) is 1. The molecule has 2 atom stereocenters. The van der Waals surface area contributed by atoms with Crippen molar-refractivity contribution < 1.29 is 4.79 Å². The predicted octanol–water partition coefficient (Wildman–Crippen LogP) is 1.06. The Labute approximate surface area is 83.1 Å². The molecule has 3 N–H and O–H groups in total. The van der Waals surface area contributed by atoms with Crippen LogP contribution in [0.2, 0.25) is 0 Å². The van der Waals surface area contributed by atoms with Crippen LogP contribution in [0, 0.1) is 5.92 Å². The van der Waals surface area contributed by atoms with E-state index < -0.39 is 0 Å². The topological polar surface area (TPSA) is 55.1 Å². The molecule has 0 spiro atoms. The van der Waals surface area contributed by atoms with E-state index in [0.717, 1.165) is 12.3 Å². The highest BCUT2D eigenvalue weighted by atomic mass is 32.2. The predicted molar refractivity (Wildman–Crippen MR) is 56.1 cm³/mol. The Kier molecular flexibility index (Phi) is 3.81. The van der Waals surface area contributed by atoms with Gasteiger partial charge in [-0.25, -0.2) is 0 Å². The lowest BCUT2D eigenvalue weighted by atomic mass is 9.95. The summed E-state index contributed by atoms with van der Waals surface area (Å²) in [7, 11) is 0. The summed E-state index contributed by atoms with van der Waals surface area (Å²) in [5, 5.41) is 4.86. The van der Waals surface area contributed by atoms with E-state index in [-0.39, 0.29) is 17.7 Å². The van der Waals surface area contributed by atoms with Gasteiger partial charge in [-0.3, -0.25) is 4.79 Å². The van der Waals surface area contributed by atoms with Crippen LogP contribution in [-0.2, 0) is 4.79 Å². The first kappa shape index (κ1) is 10.6. The zero-order chi connectivity index (χ0) is 9.84. The molecule has 0 aromatic rings. The van der Waals surface area contributed by atoms with Gasteiger partial charge in [0.1, 0.15) is 0 Å². The number of carbonyl (C=O) groups is 1. The molecule has 0 aliphatic carbocycles. The van der Waals surface area contributed by atoms with Crippen LogP contribution in [0.1, 0.15) is 20.3 Å². The van der Waals surface area contributed by atoms with E-state index in [2.05, 4.69) is 5.32 Å². The Bertz CT molecular complexity index is 228. The van der Waals surface area contributed by atoms with Gasteiger partial charge in [-0.1, -0.05) is 20.3 Å². The number of carbonyl (C=O) groups excluding carboxylic acids is 1. The highest BCUT2D eigenvalue weighted by Gasteiger charge is 2.24. The van der Waals surface area contributed by atoms with E-state index in [1.807, 2.05) is 19.3 Å². The second kappa shape index (κ2) is 4.67. The minimum Gasteiger partial charge on any atom is -0.372 e. The molecule has 0 saturated carbocycles. The van der Waals surface area contributed by atoms with Crippen molar-refractivity contribution in [3.05, 3.63) is 11.1 Å². The van der Waals surface area contributed by atoms with Gasteiger partial charge in [0.05, 0.1) is 17.6 Å². The standard InChI is InChI=1S/C9H16N2OS/c1-3-6(2)8(10)9(12)7-4-13-5-11-7/h4,6,8,11H,3,5,10H2,1-2H3/t6-,8-/m0/s1. The lowest BCUT2D eigenvalue weighted by Crippen LogP contribution is -2.39. The van der Waals surface area contributed by atoms with E-state index in [1.54, 1.807) is 11.8 Å². The van der Waals surface area contributed by atoms with Crippen LogP contribution < -0.4 is 11.1 Å². The van der Waals surface area contributed by atoms with Crippen molar-refractivity contribution in [2.24, 2.45) is 11.7 Å². The molecule has 3 nitrogen and oxygen atoms in total. The van der Waals surface area contributed by atoms with Crippen molar-refractivity contribution in [1.82, 2.24) is 5.32 Å². The number of hydrogen-bond donors (Lipinski definition) is 2. The van der Waals surface area contributed by atoms with Gasteiger partial charge in [0.2, 0.25) is 0 Å². The van der Waals surface area contributed by atoms with Crippen LogP contribution in [-0.4, -0.2) is 17.7 Å². The van der Waals surface area contributed by atoms with Gasteiger partial charge in [0, 0.05) is 0 Å². The van der Waals surface area contributed by atoms with Crippen molar-refractivity contribution in [2.75, 3.05) is 5.88 Å². The summed E-state index contributed by atoms with van der Waals surface area (Å²) in [6, 6.07) is -0.359. The number of hydrogen-bond acceptors (Lipinski definition) is 4. The average Bonchev–Trinajstić information content (AvgIpc) is 2.67. The second-order valence-corrected chi connectivity index (χ2v) is 4.15. The number of Topliss-reactive ketones (excluding diaryl/α,β-unsaturated/α-hetero) is 1. The van der Waals surface area contributed by atoms with Crippen molar-refractivity contribution in [3.63, 3.8) is 0 Å². The van der Waals surface area contributed by atoms with Crippen LogP contribution in [0.3, 0.4) is 0 Å². The van der Waals surface area contributed by atoms with E-state index in [9.17, 15) is 4.79 Å². The summed E-state index contributed by atoms with van der Waals surface area (Å²) < 4.78 is 0. The summed E-state index contributed by atoms with van der Waals surface area (Å²) in [5.41, 5.74) is 6.49. The van der Waals surface area contributed by atoms with Crippen LogP contribution in [0.5, 0.6) is 0 Å². The number of nitrogens with one attached hydrogen (secondary N) is 1. The maximum atomic E-state index is 11.7. The molecule has 0 aromatic carbocycles. The Hall–Kier alpha value is -0.480. The minimum atomic E-state index is -0.359. The summed E-state index contributed by atoms with van der Waals surface area (Å²) in [5.74, 6) is 1.08. The Morgan fingerprint density at radius 2 is 2.54 bits per heavy atom. The molecule has 4 heteroatoms. The van der Waals surface area contributed by atoms with E-state index >= 15 is 0 Å². The number of thioether (sulfide) groups is 1. The van der Waals surface area contributed by atoms with E-state index in [1.165, 1.54) is 0 Å². The summed E-state index contributed by atoms with van der Waals surface area (Å²) >= 11 is 1.60. The molecular formula is C9H16N2OS. The monoisotopic (exact) mass is 200 g/mol. The first-order valence-electron chi connectivity index (χ1n) is 4.52. The van der Waals surface area contributed by atoms with Gasteiger partial charge in [0.15, 0.2) is 5.78 Å². The molecule has 1 aliphatic rings. The van der Waals surface area contributed by atoms with E-state index in [4.69, 9.17) is 5.73 Å². The molecule has 74 valence electrons. The molecule has 0 aromatic heterocycles. The van der Waals surface area contributed by atoms with Gasteiger partial charge in [0.25, 0.3) is 0 Å². The maximum absolute atomic E-state index is 11.7. The van der Waals surface area contributed by atoms with Crippen molar-refractivity contribution in [1.29, 1.82) is 0 Å². The van der Waals surface area contributed by atoms with Crippen LogP contribution in [0.15, 0.2) is 11.1 Å². The van der Waals surface area contributed by atoms with Gasteiger partial charge in [-0.2, -0.15) is 0 Å². The first-order valence-corrected chi connectivity index (χ1v) is 5.57. The molecule has 0 saturated heterocycles. The summed E-state index contributed by atoms with van der Waals surface area (Å²) in [4.78, 5) is 11.7. The van der Waals surface area contributed by atoms with E-state index in [0.29, 0.717) is 5.70 Å². The van der Waals surface area contributed by atoms with Gasteiger partial charge in [-0.05, 0) is 11.3 Å². The molecule has 1 heterocycles. The smallest absolute Gasteiger partial charge is 0.196 e. The van der Waals surface area contributed by atoms with Gasteiger partial charge >= 0.3 is 0 Å². The number of rotatable bonds is 4.